The molecule has 0 aliphatic carbocycles. The first-order valence-electron chi connectivity index (χ1n) is 6.47. The number of rotatable bonds is 3. The van der Waals surface area contributed by atoms with Crippen LogP contribution in [-0.4, -0.2) is 71.3 Å². The summed E-state index contributed by atoms with van der Waals surface area (Å²) in [6.45, 7) is 8.46. The lowest BCUT2D eigenvalue weighted by Gasteiger charge is -2.42. The van der Waals surface area contributed by atoms with Crippen molar-refractivity contribution >= 4 is 11.8 Å². The first-order chi connectivity index (χ1) is 7.72. The molecule has 2 rings (SSSR count). The highest BCUT2D eigenvalue weighted by atomic mass is 32.2. The van der Waals surface area contributed by atoms with Crippen LogP contribution >= 0.6 is 11.8 Å². The summed E-state index contributed by atoms with van der Waals surface area (Å²) in [5, 5.41) is 10.6. The second kappa shape index (κ2) is 5.71. The van der Waals surface area contributed by atoms with E-state index < -0.39 is 5.60 Å². The molecule has 0 bridgehead atoms. The van der Waals surface area contributed by atoms with Crippen LogP contribution in [0.5, 0.6) is 0 Å². The van der Waals surface area contributed by atoms with Crippen LogP contribution in [0.15, 0.2) is 0 Å². The van der Waals surface area contributed by atoms with E-state index in [9.17, 15) is 5.11 Å². The van der Waals surface area contributed by atoms with Gasteiger partial charge in [-0.05, 0) is 25.9 Å². The number of hydrogen-bond donors (Lipinski definition) is 1. The van der Waals surface area contributed by atoms with Gasteiger partial charge in [-0.15, -0.1) is 0 Å². The monoisotopic (exact) mass is 244 g/mol. The Morgan fingerprint density at radius 3 is 2.62 bits per heavy atom. The molecule has 0 radical (unpaired) electrons. The molecule has 94 valence electrons. The Balaban J connectivity index is 1.85. The van der Waals surface area contributed by atoms with Crippen LogP contribution in [0.3, 0.4) is 0 Å². The molecule has 0 saturated carbocycles. The molecular formula is C12H24N2OS. The first kappa shape index (κ1) is 12.7. The lowest BCUT2D eigenvalue weighted by Crippen LogP contribution is -2.55. The van der Waals surface area contributed by atoms with E-state index in [1.807, 2.05) is 11.8 Å². The fourth-order valence-corrected chi connectivity index (χ4v) is 3.76. The molecule has 2 saturated heterocycles. The molecule has 1 atom stereocenters. The maximum Gasteiger partial charge on any atom is 0.0900 e. The van der Waals surface area contributed by atoms with Crippen molar-refractivity contribution in [3.63, 3.8) is 0 Å². The van der Waals surface area contributed by atoms with E-state index in [0.717, 1.165) is 52.1 Å². The molecule has 1 N–H and O–H groups in total. The zero-order chi connectivity index (χ0) is 11.4. The zero-order valence-corrected chi connectivity index (χ0v) is 11.1. The van der Waals surface area contributed by atoms with Gasteiger partial charge in [0.25, 0.3) is 0 Å². The number of β-amino-alcohol motifs (C(OH)–C–C–N with tert-alkyl or cyclic N) is 1. The topological polar surface area (TPSA) is 26.7 Å². The SMILES string of the molecule is CCN1CCCC(O)(CN2CCSCC2)C1. The van der Waals surface area contributed by atoms with Gasteiger partial charge in [0.2, 0.25) is 0 Å². The van der Waals surface area contributed by atoms with Crippen molar-refractivity contribution < 1.29 is 5.11 Å². The van der Waals surface area contributed by atoms with E-state index in [1.165, 1.54) is 11.5 Å². The average Bonchev–Trinajstić information content (AvgIpc) is 2.29. The van der Waals surface area contributed by atoms with Gasteiger partial charge in [0.1, 0.15) is 0 Å². The first-order valence-corrected chi connectivity index (χ1v) is 7.62. The summed E-state index contributed by atoms with van der Waals surface area (Å²) in [4.78, 5) is 4.82. The number of nitrogens with zero attached hydrogens (tertiary/aromatic N) is 2. The fraction of sp³-hybridized carbons (Fsp3) is 1.00. The van der Waals surface area contributed by atoms with Crippen molar-refractivity contribution in [2.45, 2.75) is 25.4 Å². The minimum Gasteiger partial charge on any atom is -0.387 e. The molecule has 0 amide bonds. The maximum absolute atomic E-state index is 10.6. The summed E-state index contributed by atoms with van der Waals surface area (Å²) in [5.41, 5.74) is -0.448. The Hall–Kier alpha value is 0.230. The van der Waals surface area contributed by atoms with Gasteiger partial charge in [0.05, 0.1) is 5.60 Å². The minimum atomic E-state index is -0.448. The quantitative estimate of drug-likeness (QED) is 0.797. The third kappa shape index (κ3) is 3.36. The summed E-state index contributed by atoms with van der Waals surface area (Å²) in [5.74, 6) is 2.46. The zero-order valence-electron chi connectivity index (χ0n) is 10.3. The molecule has 2 fully saturated rings. The summed E-state index contributed by atoms with van der Waals surface area (Å²) in [6, 6.07) is 0. The summed E-state index contributed by atoms with van der Waals surface area (Å²) >= 11 is 2.03. The normalized spacial score (nSPS) is 34.1. The van der Waals surface area contributed by atoms with Crippen LogP contribution in [-0.2, 0) is 0 Å². The second-order valence-electron chi connectivity index (χ2n) is 5.09. The van der Waals surface area contributed by atoms with Gasteiger partial charge >= 0.3 is 0 Å². The van der Waals surface area contributed by atoms with Gasteiger partial charge in [-0.25, -0.2) is 0 Å². The van der Waals surface area contributed by atoms with Crippen molar-refractivity contribution in [3.05, 3.63) is 0 Å². The smallest absolute Gasteiger partial charge is 0.0900 e. The van der Waals surface area contributed by atoms with Crippen LogP contribution in [0, 0.1) is 0 Å². The van der Waals surface area contributed by atoms with E-state index in [2.05, 4.69) is 16.7 Å². The van der Waals surface area contributed by atoms with Gasteiger partial charge in [0.15, 0.2) is 0 Å². The number of likely N-dealkylation sites (tertiary alicyclic amines) is 1. The van der Waals surface area contributed by atoms with Crippen molar-refractivity contribution in [1.29, 1.82) is 0 Å². The lowest BCUT2D eigenvalue weighted by molar-refractivity contribution is -0.0506. The van der Waals surface area contributed by atoms with Crippen LogP contribution in [0.1, 0.15) is 19.8 Å². The number of likely N-dealkylation sites (N-methyl/N-ethyl adjacent to an activating group) is 1. The van der Waals surface area contributed by atoms with Gasteiger partial charge in [-0.1, -0.05) is 6.92 Å². The molecule has 2 aliphatic rings. The van der Waals surface area contributed by atoms with E-state index in [1.54, 1.807) is 0 Å². The molecule has 0 aromatic rings. The van der Waals surface area contributed by atoms with Crippen molar-refractivity contribution in [2.75, 3.05) is 50.8 Å². The largest absolute Gasteiger partial charge is 0.387 e. The van der Waals surface area contributed by atoms with Gasteiger partial charge in [-0.3, -0.25) is 4.90 Å². The van der Waals surface area contributed by atoms with Crippen molar-refractivity contribution in [1.82, 2.24) is 9.80 Å². The molecule has 1 unspecified atom stereocenters. The molecule has 0 spiro atoms. The van der Waals surface area contributed by atoms with Gasteiger partial charge in [-0.2, -0.15) is 11.8 Å². The molecule has 3 nitrogen and oxygen atoms in total. The molecular weight excluding hydrogens is 220 g/mol. The number of hydrogen-bond acceptors (Lipinski definition) is 4. The number of aliphatic hydroxyl groups is 1. The van der Waals surface area contributed by atoms with E-state index in [-0.39, 0.29) is 0 Å². The molecule has 2 heterocycles. The maximum atomic E-state index is 10.6. The Morgan fingerprint density at radius 1 is 1.19 bits per heavy atom. The predicted molar refractivity (Wildman–Crippen MR) is 70.1 cm³/mol. The number of thioether (sulfide) groups is 1. The van der Waals surface area contributed by atoms with E-state index >= 15 is 0 Å². The van der Waals surface area contributed by atoms with Crippen molar-refractivity contribution in [3.8, 4) is 0 Å². The van der Waals surface area contributed by atoms with E-state index in [0.29, 0.717) is 0 Å². The minimum absolute atomic E-state index is 0.448. The Kier molecular flexibility index (Phi) is 4.53. The molecule has 4 heteroatoms. The highest BCUT2D eigenvalue weighted by Gasteiger charge is 2.34. The summed E-state index contributed by atoms with van der Waals surface area (Å²) in [7, 11) is 0. The third-order valence-corrected chi connectivity index (χ3v) is 4.65. The highest BCUT2D eigenvalue weighted by molar-refractivity contribution is 7.99. The molecule has 0 aromatic heterocycles. The predicted octanol–water partition coefficient (Wildman–Crippen LogP) is 0.882. The Bertz CT molecular complexity index is 221. The van der Waals surface area contributed by atoms with Crippen LogP contribution < -0.4 is 0 Å². The number of piperidine rings is 1. The molecule has 2 aliphatic heterocycles. The molecule has 0 aromatic carbocycles. The lowest BCUT2D eigenvalue weighted by atomic mass is 9.92. The van der Waals surface area contributed by atoms with Crippen molar-refractivity contribution in [2.24, 2.45) is 0 Å². The van der Waals surface area contributed by atoms with Crippen LogP contribution in [0.4, 0.5) is 0 Å². The average molecular weight is 244 g/mol. The second-order valence-corrected chi connectivity index (χ2v) is 6.31. The fourth-order valence-electron chi connectivity index (χ4n) is 2.78. The summed E-state index contributed by atoms with van der Waals surface area (Å²) < 4.78 is 0. The Labute approximate surface area is 103 Å². The van der Waals surface area contributed by atoms with Gasteiger partial charge in [0, 0.05) is 37.7 Å². The molecule has 16 heavy (non-hydrogen) atoms. The summed E-state index contributed by atoms with van der Waals surface area (Å²) in [6.07, 6.45) is 2.13. The third-order valence-electron chi connectivity index (χ3n) is 3.70. The van der Waals surface area contributed by atoms with E-state index in [4.69, 9.17) is 0 Å². The standard InChI is InChI=1S/C12H24N2OS/c1-2-13-5-3-4-12(15,10-13)11-14-6-8-16-9-7-14/h15H,2-11H2,1H3. The van der Waals surface area contributed by atoms with Crippen LogP contribution in [0.25, 0.3) is 0 Å². The van der Waals surface area contributed by atoms with Crippen LogP contribution in [0.2, 0.25) is 0 Å². The highest BCUT2D eigenvalue weighted by Crippen LogP contribution is 2.23. The Morgan fingerprint density at radius 2 is 1.94 bits per heavy atom. The van der Waals surface area contributed by atoms with Gasteiger partial charge < -0.3 is 10.0 Å².